The minimum Gasteiger partial charge on any atom is -0.295 e. The van der Waals surface area contributed by atoms with Crippen molar-refractivity contribution in [3.63, 3.8) is 0 Å². The molecule has 36 heavy (non-hydrogen) atoms. The molecule has 0 aromatic carbocycles. The van der Waals surface area contributed by atoms with Gasteiger partial charge in [-0.3, -0.25) is 9.59 Å². The number of carbonyl (C=O) groups excluding carboxylic acids is 2. The van der Waals surface area contributed by atoms with Gasteiger partial charge in [0.2, 0.25) is 0 Å². The molecule has 0 aliphatic heterocycles. The Hall–Kier alpha value is -2.84. The molecule has 1 atom stereocenters. The van der Waals surface area contributed by atoms with Crippen LogP contribution in [-0.2, 0) is 9.59 Å². The van der Waals surface area contributed by atoms with Crippen molar-refractivity contribution in [3.05, 3.63) is 57.7 Å². The Kier molecular flexibility index (Phi) is 21.0. The fraction of sp³-hybridized carbons (Fsp3) is 0.529. The maximum atomic E-state index is 12.3. The largest absolute Gasteiger partial charge is 0.295 e. The van der Waals surface area contributed by atoms with Gasteiger partial charge in [0.25, 0.3) is 0 Å². The van der Waals surface area contributed by atoms with Crippen LogP contribution >= 0.6 is 0 Å². The lowest BCUT2D eigenvalue weighted by Gasteiger charge is -2.20. The van der Waals surface area contributed by atoms with E-state index in [0.29, 0.717) is 18.4 Å². The van der Waals surface area contributed by atoms with Gasteiger partial charge in [-0.2, -0.15) is 0 Å². The highest BCUT2D eigenvalue weighted by Crippen LogP contribution is 2.26. The lowest BCUT2D eigenvalue weighted by molar-refractivity contribution is -0.125. The van der Waals surface area contributed by atoms with Gasteiger partial charge in [0.05, 0.1) is 0 Å². The maximum absolute atomic E-state index is 12.3. The Morgan fingerprint density at radius 1 is 0.861 bits per heavy atom. The van der Waals surface area contributed by atoms with Crippen molar-refractivity contribution < 1.29 is 9.59 Å². The summed E-state index contributed by atoms with van der Waals surface area (Å²) < 4.78 is 0. The van der Waals surface area contributed by atoms with Crippen LogP contribution in [0.15, 0.2) is 57.7 Å². The van der Waals surface area contributed by atoms with E-state index < -0.39 is 0 Å². The van der Waals surface area contributed by atoms with Gasteiger partial charge in [-0.25, -0.2) is 0 Å². The van der Waals surface area contributed by atoms with Gasteiger partial charge in [-0.15, -0.1) is 25.2 Å². The summed E-state index contributed by atoms with van der Waals surface area (Å²) in [5.74, 6) is 2.55. The molecule has 0 N–H and O–H groups in total. The lowest BCUT2D eigenvalue weighted by Crippen LogP contribution is -2.25. The molecular formula is C34H50O2. The first-order chi connectivity index (χ1) is 17.0. The molecule has 2 nitrogen and oxygen atoms in total. The van der Waals surface area contributed by atoms with Gasteiger partial charge in [0.1, 0.15) is 0 Å². The molecule has 1 unspecified atom stereocenters. The van der Waals surface area contributed by atoms with Crippen molar-refractivity contribution in [1.29, 1.82) is 0 Å². The molecule has 1 aliphatic carbocycles. The SMILES string of the molecule is C#C.C#CCC.CC(C)=CCC/C(C)=C/CC/C(C)=C/CC/C(C)=C/CC1=C(C)C(=O)C(C)CC1=O. The molecule has 0 amide bonds. The quantitative estimate of drug-likeness (QED) is 0.213. The zero-order chi connectivity index (χ0) is 28.1. The number of hydrogen-bond donors (Lipinski definition) is 0. The molecule has 0 radical (unpaired) electrons. The average molecular weight is 491 g/mol. The number of ketones is 2. The van der Waals surface area contributed by atoms with E-state index in [1.165, 1.54) is 22.3 Å². The number of terminal acetylenes is 2. The molecule has 2 heteroatoms. The van der Waals surface area contributed by atoms with E-state index in [9.17, 15) is 9.59 Å². The predicted molar refractivity (Wildman–Crippen MR) is 159 cm³/mol. The normalized spacial score (nSPS) is 16.4. The smallest absolute Gasteiger partial charge is 0.162 e. The van der Waals surface area contributed by atoms with Crippen molar-refractivity contribution in [1.82, 2.24) is 0 Å². The van der Waals surface area contributed by atoms with Crippen LogP contribution < -0.4 is 0 Å². The predicted octanol–water partition coefficient (Wildman–Crippen LogP) is 9.30. The molecule has 0 aromatic heterocycles. The van der Waals surface area contributed by atoms with E-state index in [1.54, 1.807) is 6.92 Å². The molecule has 198 valence electrons. The molecule has 0 heterocycles. The second-order valence-corrected chi connectivity index (χ2v) is 9.81. The third-order valence-corrected chi connectivity index (χ3v) is 6.11. The third-order valence-electron chi connectivity index (χ3n) is 6.11. The van der Waals surface area contributed by atoms with E-state index in [0.717, 1.165) is 50.5 Å². The molecule has 1 aliphatic rings. The van der Waals surface area contributed by atoms with Crippen molar-refractivity contribution >= 4 is 11.6 Å². The highest BCUT2D eigenvalue weighted by molar-refractivity contribution is 6.12. The fourth-order valence-electron chi connectivity index (χ4n) is 3.75. The van der Waals surface area contributed by atoms with Gasteiger partial charge < -0.3 is 0 Å². The number of rotatable bonds is 11. The molecule has 0 saturated carbocycles. The van der Waals surface area contributed by atoms with Crippen molar-refractivity contribution in [3.8, 4) is 25.2 Å². The molecule has 0 spiro atoms. The Bertz CT molecular complexity index is 903. The van der Waals surface area contributed by atoms with Gasteiger partial charge >= 0.3 is 0 Å². The zero-order valence-electron chi connectivity index (χ0n) is 24.3. The highest BCUT2D eigenvalue weighted by atomic mass is 16.1. The maximum Gasteiger partial charge on any atom is 0.162 e. The van der Waals surface area contributed by atoms with Crippen LogP contribution in [0.1, 0.15) is 113 Å². The minimum absolute atomic E-state index is 0.135. The van der Waals surface area contributed by atoms with Crippen LogP contribution in [0.5, 0.6) is 0 Å². The number of carbonyl (C=O) groups is 2. The Morgan fingerprint density at radius 3 is 1.69 bits per heavy atom. The van der Waals surface area contributed by atoms with Gasteiger partial charge in [0.15, 0.2) is 11.6 Å². The summed E-state index contributed by atoms with van der Waals surface area (Å²) in [5, 5.41) is 0. The van der Waals surface area contributed by atoms with Crippen LogP contribution in [0.3, 0.4) is 0 Å². The Morgan fingerprint density at radius 2 is 1.28 bits per heavy atom. The first-order valence-corrected chi connectivity index (χ1v) is 13.2. The van der Waals surface area contributed by atoms with Crippen molar-refractivity contribution in [2.24, 2.45) is 5.92 Å². The number of Topliss-reactive ketones (excluding diaryl/α,β-unsaturated/α-hetero) is 2. The number of allylic oxidation sites excluding steroid dienone is 10. The van der Waals surface area contributed by atoms with Crippen molar-refractivity contribution in [2.45, 2.75) is 113 Å². The zero-order valence-corrected chi connectivity index (χ0v) is 24.3. The van der Waals surface area contributed by atoms with Crippen LogP contribution in [0, 0.1) is 31.1 Å². The molecule has 0 saturated heterocycles. The first kappa shape index (κ1) is 35.3. The standard InChI is InChI=1S/C28H42O2.C4H6.C2H2/c1-20(2)11-8-12-21(3)13-9-14-22(4)15-10-16-23(5)17-18-26-25(7)28(30)24(6)19-27(26)29;1-3-4-2;1-2/h11,13,15,17,24H,8-10,12,14,16,18-19H2,1-7H3;1H,4H2,2H3;1-2H/b21-13+,22-15+,23-17+;;. The van der Waals surface area contributed by atoms with E-state index in [-0.39, 0.29) is 17.5 Å². The minimum atomic E-state index is -0.157. The van der Waals surface area contributed by atoms with Gasteiger partial charge in [0, 0.05) is 24.3 Å². The van der Waals surface area contributed by atoms with Crippen LogP contribution in [0.4, 0.5) is 0 Å². The first-order valence-electron chi connectivity index (χ1n) is 13.2. The average Bonchev–Trinajstić information content (AvgIpc) is 2.83. The second kappa shape index (κ2) is 21.4. The summed E-state index contributed by atoms with van der Waals surface area (Å²) >= 11 is 0. The summed E-state index contributed by atoms with van der Waals surface area (Å²) in [5.41, 5.74) is 6.99. The summed E-state index contributed by atoms with van der Waals surface area (Å²) in [6, 6.07) is 0. The summed E-state index contributed by atoms with van der Waals surface area (Å²) in [7, 11) is 0. The van der Waals surface area contributed by atoms with Crippen LogP contribution in [0.2, 0.25) is 0 Å². The monoisotopic (exact) mass is 490 g/mol. The van der Waals surface area contributed by atoms with Gasteiger partial charge in [-0.05, 0) is 92.1 Å². The number of hydrogen-bond acceptors (Lipinski definition) is 2. The molecule has 0 fully saturated rings. The molecule has 0 bridgehead atoms. The topological polar surface area (TPSA) is 34.1 Å². The van der Waals surface area contributed by atoms with Crippen molar-refractivity contribution in [2.75, 3.05) is 0 Å². The molecule has 0 aromatic rings. The van der Waals surface area contributed by atoms with E-state index in [4.69, 9.17) is 6.42 Å². The summed E-state index contributed by atoms with van der Waals surface area (Å²) in [4.78, 5) is 24.4. The molecule has 1 rings (SSSR count). The highest BCUT2D eigenvalue weighted by Gasteiger charge is 2.28. The second-order valence-electron chi connectivity index (χ2n) is 9.81. The van der Waals surface area contributed by atoms with E-state index >= 15 is 0 Å². The Labute approximate surface area is 223 Å². The van der Waals surface area contributed by atoms with E-state index in [2.05, 4.69) is 77.7 Å². The fourth-order valence-corrected chi connectivity index (χ4v) is 3.75. The Balaban J connectivity index is 0. The summed E-state index contributed by atoms with van der Waals surface area (Å²) in [6.07, 6.45) is 30.3. The van der Waals surface area contributed by atoms with Crippen LogP contribution in [-0.4, -0.2) is 11.6 Å². The lowest BCUT2D eigenvalue weighted by atomic mass is 9.82. The van der Waals surface area contributed by atoms with Crippen LogP contribution in [0.25, 0.3) is 0 Å². The third kappa shape index (κ3) is 16.7. The van der Waals surface area contributed by atoms with Gasteiger partial charge in [-0.1, -0.05) is 60.4 Å². The molecular weight excluding hydrogens is 440 g/mol. The summed E-state index contributed by atoms with van der Waals surface area (Å²) in [6.45, 7) is 16.5. The van der Waals surface area contributed by atoms with E-state index in [1.807, 2.05) is 13.8 Å².